The molecule has 0 aromatic rings. The van der Waals surface area contributed by atoms with Crippen LogP contribution in [0.15, 0.2) is 0 Å². The van der Waals surface area contributed by atoms with E-state index in [2.05, 4.69) is 5.32 Å². The molecule has 0 bridgehead atoms. The van der Waals surface area contributed by atoms with Crippen molar-refractivity contribution in [2.24, 2.45) is 5.41 Å². The number of carbonyl (C=O) groups excluding carboxylic acids is 1. The quantitative estimate of drug-likeness (QED) is 0.0881. The fourth-order valence-corrected chi connectivity index (χ4v) is 5.09. The summed E-state index contributed by atoms with van der Waals surface area (Å²) in [6.07, 6.45) is -24.5. The topological polar surface area (TPSA) is 287 Å². The summed E-state index contributed by atoms with van der Waals surface area (Å²) in [5.74, 6) is -0.205. The molecule has 0 radical (unpaired) electrons. The number of aliphatic hydroxyl groups is 10. The molecule has 3 rings (SSSR count). The Bertz CT molecular complexity index is 887. The summed E-state index contributed by atoms with van der Waals surface area (Å²) in [5.41, 5.74) is -0.220. The third kappa shape index (κ3) is 9.00. The van der Waals surface area contributed by atoms with E-state index in [0.29, 0.717) is 0 Å². The van der Waals surface area contributed by atoms with Crippen molar-refractivity contribution in [3.63, 3.8) is 0 Å². The summed E-state index contributed by atoms with van der Waals surface area (Å²) in [5, 5.41) is 105. The molecule has 0 aliphatic carbocycles. The molecule has 0 aromatic carbocycles. The number of nitrogens with one attached hydrogen (secondary N) is 1. The van der Waals surface area contributed by atoms with Gasteiger partial charge in [0.15, 0.2) is 18.9 Å². The Hall–Kier alpha value is -1.17. The van der Waals surface area contributed by atoms with Crippen molar-refractivity contribution < 1.29 is 84.3 Å². The highest BCUT2D eigenvalue weighted by atomic mass is 16.8. The van der Waals surface area contributed by atoms with Gasteiger partial charge in [-0.3, -0.25) is 4.79 Å². The Morgan fingerprint density at radius 2 is 1.07 bits per heavy atom. The van der Waals surface area contributed by atoms with Gasteiger partial charge in [-0.25, -0.2) is 0 Å². The maximum absolute atomic E-state index is 12.0. The number of aliphatic hydroxyl groups excluding tert-OH is 10. The molecule has 18 nitrogen and oxygen atoms in total. The van der Waals surface area contributed by atoms with Crippen LogP contribution in [-0.2, 0) is 33.2 Å². The molecule has 258 valence electrons. The molecule has 3 aliphatic rings. The second-order valence-electron chi connectivity index (χ2n) is 12.3. The van der Waals surface area contributed by atoms with Gasteiger partial charge in [0.05, 0.1) is 26.4 Å². The van der Waals surface area contributed by atoms with Crippen molar-refractivity contribution >= 4 is 5.91 Å². The van der Waals surface area contributed by atoms with Crippen LogP contribution in [0.3, 0.4) is 0 Å². The third-order valence-electron chi connectivity index (χ3n) is 7.47. The second kappa shape index (κ2) is 16.1. The van der Waals surface area contributed by atoms with Crippen LogP contribution < -0.4 is 5.32 Å². The van der Waals surface area contributed by atoms with Gasteiger partial charge in [0, 0.05) is 13.0 Å². The van der Waals surface area contributed by atoms with Gasteiger partial charge in [-0.15, -0.1) is 0 Å². The van der Waals surface area contributed by atoms with E-state index in [1.54, 1.807) is 0 Å². The fourth-order valence-electron chi connectivity index (χ4n) is 5.09. The largest absolute Gasteiger partial charge is 0.394 e. The maximum Gasteiger partial charge on any atom is 0.220 e. The second-order valence-corrected chi connectivity index (χ2v) is 12.3. The molecule has 18 heteroatoms. The van der Waals surface area contributed by atoms with Crippen molar-refractivity contribution in [3.05, 3.63) is 0 Å². The average Bonchev–Trinajstić information content (AvgIpc) is 2.97. The highest BCUT2D eigenvalue weighted by Gasteiger charge is 2.53. The number of amides is 1. The van der Waals surface area contributed by atoms with E-state index < -0.39 is 112 Å². The zero-order valence-electron chi connectivity index (χ0n) is 24.7. The monoisotopic (exact) mass is 645 g/mol. The molecular weight excluding hydrogens is 598 g/mol. The molecule has 3 aliphatic heterocycles. The Balaban J connectivity index is 1.60. The Morgan fingerprint density at radius 3 is 1.55 bits per heavy atom. The van der Waals surface area contributed by atoms with E-state index in [0.717, 1.165) is 0 Å². The molecule has 0 saturated carbocycles. The lowest BCUT2D eigenvalue weighted by Gasteiger charge is -2.48. The Labute approximate surface area is 253 Å². The van der Waals surface area contributed by atoms with Crippen LogP contribution in [0.5, 0.6) is 0 Å². The minimum atomic E-state index is -1.93. The molecule has 9 unspecified atom stereocenters. The molecule has 3 heterocycles. The third-order valence-corrected chi connectivity index (χ3v) is 7.47. The summed E-state index contributed by atoms with van der Waals surface area (Å²) < 4.78 is 32.9. The van der Waals surface area contributed by atoms with Gasteiger partial charge >= 0.3 is 0 Å². The van der Waals surface area contributed by atoms with Gasteiger partial charge in [0.1, 0.15) is 73.2 Å². The average molecular weight is 646 g/mol. The molecule has 0 spiro atoms. The molecule has 11 N–H and O–H groups in total. The van der Waals surface area contributed by atoms with Gasteiger partial charge in [-0.05, 0) is 5.41 Å². The minimum absolute atomic E-state index is 0.0796. The molecule has 3 saturated heterocycles. The van der Waals surface area contributed by atoms with Gasteiger partial charge in [-0.2, -0.15) is 0 Å². The number of carbonyl (C=O) groups is 1. The first-order valence-electron chi connectivity index (χ1n) is 14.4. The fraction of sp³-hybridized carbons (Fsp3) is 0.962. The predicted octanol–water partition coefficient (Wildman–Crippen LogP) is -6.00. The van der Waals surface area contributed by atoms with E-state index in [9.17, 15) is 55.9 Å². The molecule has 1 amide bonds. The molecule has 44 heavy (non-hydrogen) atoms. The van der Waals surface area contributed by atoms with Gasteiger partial charge in [0.2, 0.25) is 5.91 Å². The molecule has 15 atom stereocenters. The lowest BCUT2D eigenvalue weighted by molar-refractivity contribution is -0.379. The van der Waals surface area contributed by atoms with E-state index in [-0.39, 0.29) is 30.9 Å². The van der Waals surface area contributed by atoms with Crippen LogP contribution >= 0.6 is 0 Å². The number of hydrogen-bond acceptors (Lipinski definition) is 17. The van der Waals surface area contributed by atoms with E-state index >= 15 is 0 Å². The van der Waals surface area contributed by atoms with E-state index in [1.807, 2.05) is 20.8 Å². The van der Waals surface area contributed by atoms with Crippen molar-refractivity contribution in [2.45, 2.75) is 119 Å². The Kier molecular flexibility index (Phi) is 13.6. The lowest BCUT2D eigenvalue weighted by atomic mass is 9.92. The predicted molar refractivity (Wildman–Crippen MR) is 142 cm³/mol. The highest BCUT2D eigenvalue weighted by Crippen LogP contribution is 2.32. The lowest BCUT2D eigenvalue weighted by Crippen LogP contribution is -2.66. The highest BCUT2D eigenvalue weighted by molar-refractivity contribution is 5.76. The van der Waals surface area contributed by atoms with Crippen LogP contribution in [0.2, 0.25) is 0 Å². The van der Waals surface area contributed by atoms with Crippen LogP contribution in [0.25, 0.3) is 0 Å². The standard InChI is InChI=1S/C26H47NO17/c1-26(2,3)6-13(31)27-4-5-39-23-19(37)16(34)21(11(8-29)41-23)44-25-20(38)17(35)22(12(9-30)42-25)43-24-18(36)15(33)14(32)10(7-28)40-24/h10-12,14-25,28-30,32-38H,4-9H2,1-3H3,(H,27,31)/t10?,11?,12?,14-,15?,16?,17?,18-,19-,20-,21+,22-,23?,24?,25?/m0/s1. The first-order chi connectivity index (χ1) is 20.6. The van der Waals surface area contributed by atoms with E-state index in [1.165, 1.54) is 0 Å². The smallest absolute Gasteiger partial charge is 0.220 e. The van der Waals surface area contributed by atoms with Crippen LogP contribution in [0, 0.1) is 5.41 Å². The zero-order valence-corrected chi connectivity index (χ0v) is 24.7. The van der Waals surface area contributed by atoms with Crippen molar-refractivity contribution in [1.29, 1.82) is 0 Å². The molecule has 3 fully saturated rings. The van der Waals surface area contributed by atoms with Gasteiger partial charge in [-0.1, -0.05) is 20.8 Å². The van der Waals surface area contributed by atoms with Crippen molar-refractivity contribution in [2.75, 3.05) is 33.0 Å². The first-order valence-corrected chi connectivity index (χ1v) is 14.4. The zero-order chi connectivity index (χ0) is 32.9. The van der Waals surface area contributed by atoms with Crippen LogP contribution in [0.4, 0.5) is 0 Å². The summed E-state index contributed by atoms with van der Waals surface area (Å²) in [7, 11) is 0. The summed E-state index contributed by atoms with van der Waals surface area (Å²) in [4.78, 5) is 12.0. The van der Waals surface area contributed by atoms with Gasteiger partial charge in [0.25, 0.3) is 0 Å². The summed E-state index contributed by atoms with van der Waals surface area (Å²) in [6, 6.07) is 0. The minimum Gasteiger partial charge on any atom is -0.394 e. The normalized spacial score (nSPS) is 43.5. The summed E-state index contributed by atoms with van der Waals surface area (Å²) in [6.45, 7) is 3.38. The van der Waals surface area contributed by atoms with Crippen LogP contribution in [-0.4, -0.2) is 182 Å². The number of hydrogen-bond donors (Lipinski definition) is 11. The van der Waals surface area contributed by atoms with Crippen molar-refractivity contribution in [1.82, 2.24) is 5.32 Å². The van der Waals surface area contributed by atoms with E-state index in [4.69, 9.17) is 28.4 Å². The summed E-state index contributed by atoms with van der Waals surface area (Å²) >= 11 is 0. The number of ether oxygens (including phenoxy) is 6. The Morgan fingerprint density at radius 1 is 0.636 bits per heavy atom. The molecular formula is C26H47NO17. The van der Waals surface area contributed by atoms with Crippen molar-refractivity contribution in [3.8, 4) is 0 Å². The molecule has 0 aromatic heterocycles. The number of rotatable bonds is 12. The van der Waals surface area contributed by atoms with Gasteiger partial charge < -0.3 is 84.8 Å². The first kappa shape index (κ1) is 37.3. The maximum atomic E-state index is 12.0. The SMILES string of the molecule is CC(C)(C)CC(=O)NCCOC1OC(CO)[C@@H](OC2OC(CO)[C@H](OC3OC(CO)[C@H](O)C(O)[C@@H]3O)C(O)[C@@H]2O)C(O)[C@@H]1O. The van der Waals surface area contributed by atoms with Crippen LogP contribution in [0.1, 0.15) is 27.2 Å².